The molecule has 2 aromatic rings. The molecule has 1 aliphatic rings. The van der Waals surface area contributed by atoms with Crippen LogP contribution in [0.15, 0.2) is 36.4 Å². The van der Waals surface area contributed by atoms with Gasteiger partial charge in [0.25, 0.3) is 0 Å². The molecule has 1 aliphatic carbocycles. The first-order valence-corrected chi connectivity index (χ1v) is 8.10. The first kappa shape index (κ1) is 14.4. The molecule has 0 spiro atoms. The molecule has 0 heterocycles. The maximum atomic E-state index is 2.42. The third-order valence-corrected chi connectivity index (χ3v) is 4.46. The topological polar surface area (TPSA) is 0 Å². The lowest BCUT2D eigenvalue weighted by Crippen LogP contribution is -2.11. The van der Waals surface area contributed by atoms with E-state index >= 15 is 0 Å². The third-order valence-electron chi connectivity index (χ3n) is 4.46. The predicted octanol–water partition coefficient (Wildman–Crippen LogP) is 5.75. The molecular formula is C21H26. The Kier molecular flexibility index (Phi) is 3.43. The lowest BCUT2D eigenvalue weighted by atomic mass is 9.85. The average molecular weight is 278 g/mol. The van der Waals surface area contributed by atoms with Gasteiger partial charge in [-0.15, -0.1) is 0 Å². The number of rotatable bonds is 2. The summed E-state index contributed by atoms with van der Waals surface area (Å²) in [6.07, 6.45) is 2.28. The molecule has 0 aliphatic heterocycles. The summed E-state index contributed by atoms with van der Waals surface area (Å²) in [5, 5.41) is 0. The maximum Gasteiger partial charge on any atom is -0.00132 e. The van der Waals surface area contributed by atoms with Crippen LogP contribution in [0.25, 0.3) is 11.1 Å². The molecule has 0 nitrogen and oxygen atoms in total. The highest BCUT2D eigenvalue weighted by molar-refractivity contribution is 5.77. The minimum Gasteiger partial charge on any atom is -0.0625 e. The Bertz CT molecular complexity index is 669. The molecule has 0 aromatic heterocycles. The third kappa shape index (κ3) is 2.77. The molecule has 2 aromatic carbocycles. The Hall–Kier alpha value is -1.56. The highest BCUT2D eigenvalue weighted by Gasteiger charge is 2.22. The highest BCUT2D eigenvalue weighted by Crippen LogP contribution is 2.39. The molecular weight excluding hydrogens is 252 g/mol. The van der Waals surface area contributed by atoms with Crippen LogP contribution in [0.1, 0.15) is 56.9 Å². The molecule has 0 bridgehead atoms. The lowest BCUT2D eigenvalue weighted by Gasteiger charge is -2.20. The van der Waals surface area contributed by atoms with Crippen LogP contribution in [0.5, 0.6) is 0 Å². The second kappa shape index (κ2) is 5.02. The summed E-state index contributed by atoms with van der Waals surface area (Å²) < 4.78 is 0. The largest absolute Gasteiger partial charge is 0.0625 e. The molecule has 0 unspecified atom stereocenters. The van der Waals surface area contributed by atoms with E-state index in [0.717, 1.165) is 12.3 Å². The van der Waals surface area contributed by atoms with Crippen LogP contribution in [0, 0.1) is 5.92 Å². The van der Waals surface area contributed by atoms with Gasteiger partial charge in [0.15, 0.2) is 0 Å². The van der Waals surface area contributed by atoms with Gasteiger partial charge in [-0.05, 0) is 57.6 Å². The predicted molar refractivity (Wildman–Crippen MR) is 91.9 cm³/mol. The van der Waals surface area contributed by atoms with Gasteiger partial charge in [-0.1, -0.05) is 71.0 Å². The summed E-state index contributed by atoms with van der Waals surface area (Å²) in [4.78, 5) is 0. The standard InChI is InChI=1S/C21H26/c1-14(2)10-15-6-8-19-16(11-15)12-17-13-18(21(3,4)5)7-9-20(17)19/h6-9,11,13-14H,10,12H2,1-5H3. The fourth-order valence-corrected chi connectivity index (χ4v) is 3.33. The second-order valence-electron chi connectivity index (χ2n) is 7.89. The number of fused-ring (bicyclic) bond motifs is 3. The van der Waals surface area contributed by atoms with Crippen LogP contribution in [-0.4, -0.2) is 0 Å². The molecule has 0 heteroatoms. The van der Waals surface area contributed by atoms with E-state index in [1.165, 1.54) is 39.8 Å². The molecule has 0 saturated carbocycles. The van der Waals surface area contributed by atoms with Gasteiger partial charge in [0.2, 0.25) is 0 Å². The molecule has 0 N–H and O–H groups in total. The Morgan fingerprint density at radius 2 is 1.52 bits per heavy atom. The van der Waals surface area contributed by atoms with E-state index in [2.05, 4.69) is 71.0 Å². The van der Waals surface area contributed by atoms with E-state index in [9.17, 15) is 0 Å². The van der Waals surface area contributed by atoms with Gasteiger partial charge in [-0.2, -0.15) is 0 Å². The van der Waals surface area contributed by atoms with Crippen molar-refractivity contribution >= 4 is 0 Å². The Balaban J connectivity index is 1.97. The van der Waals surface area contributed by atoms with Crippen molar-refractivity contribution in [1.82, 2.24) is 0 Å². The van der Waals surface area contributed by atoms with Crippen LogP contribution in [0.2, 0.25) is 0 Å². The number of hydrogen-bond acceptors (Lipinski definition) is 0. The van der Waals surface area contributed by atoms with Crippen molar-refractivity contribution in [3.05, 3.63) is 58.7 Å². The summed E-state index contributed by atoms with van der Waals surface area (Å²) in [5.41, 5.74) is 9.04. The van der Waals surface area contributed by atoms with Crippen LogP contribution < -0.4 is 0 Å². The quantitative estimate of drug-likeness (QED) is 0.559. The van der Waals surface area contributed by atoms with E-state index in [-0.39, 0.29) is 5.41 Å². The summed E-state index contributed by atoms with van der Waals surface area (Å²) >= 11 is 0. The normalized spacial score (nSPS) is 13.4. The van der Waals surface area contributed by atoms with Crippen LogP contribution >= 0.6 is 0 Å². The van der Waals surface area contributed by atoms with E-state index < -0.39 is 0 Å². The SMILES string of the molecule is CC(C)Cc1ccc2c(c1)Cc1cc(C(C)(C)C)ccc1-2. The Labute approximate surface area is 129 Å². The summed E-state index contributed by atoms with van der Waals surface area (Å²) in [6, 6.07) is 14.1. The van der Waals surface area contributed by atoms with Gasteiger partial charge < -0.3 is 0 Å². The van der Waals surface area contributed by atoms with E-state index in [1.54, 1.807) is 0 Å². The van der Waals surface area contributed by atoms with Gasteiger partial charge in [-0.25, -0.2) is 0 Å². The fourth-order valence-electron chi connectivity index (χ4n) is 3.33. The zero-order valence-electron chi connectivity index (χ0n) is 14.0. The first-order valence-electron chi connectivity index (χ1n) is 8.10. The van der Waals surface area contributed by atoms with Gasteiger partial charge in [0, 0.05) is 0 Å². The Morgan fingerprint density at radius 3 is 2.14 bits per heavy atom. The van der Waals surface area contributed by atoms with Crippen molar-refractivity contribution in [2.45, 2.75) is 52.9 Å². The number of benzene rings is 2. The minimum absolute atomic E-state index is 0.229. The van der Waals surface area contributed by atoms with Crippen molar-refractivity contribution < 1.29 is 0 Å². The molecule has 110 valence electrons. The molecule has 3 rings (SSSR count). The smallest absolute Gasteiger partial charge is 0.00132 e. The zero-order valence-corrected chi connectivity index (χ0v) is 14.0. The molecule has 0 amide bonds. The van der Waals surface area contributed by atoms with E-state index in [4.69, 9.17) is 0 Å². The fraction of sp³-hybridized carbons (Fsp3) is 0.429. The maximum absolute atomic E-state index is 2.42. The monoisotopic (exact) mass is 278 g/mol. The molecule has 0 radical (unpaired) electrons. The second-order valence-corrected chi connectivity index (χ2v) is 7.89. The summed E-state index contributed by atoms with van der Waals surface area (Å²) in [7, 11) is 0. The van der Waals surface area contributed by atoms with Gasteiger partial charge in [-0.3, -0.25) is 0 Å². The minimum atomic E-state index is 0.229. The van der Waals surface area contributed by atoms with Crippen molar-refractivity contribution in [2.24, 2.45) is 5.92 Å². The number of hydrogen-bond donors (Lipinski definition) is 0. The molecule has 0 saturated heterocycles. The summed E-state index contributed by atoms with van der Waals surface area (Å²) in [6.45, 7) is 11.4. The first-order chi connectivity index (χ1) is 9.84. The zero-order chi connectivity index (χ0) is 15.2. The lowest BCUT2D eigenvalue weighted by molar-refractivity contribution is 0.589. The molecule has 0 fully saturated rings. The van der Waals surface area contributed by atoms with E-state index in [0.29, 0.717) is 0 Å². The molecule has 0 atom stereocenters. The van der Waals surface area contributed by atoms with Crippen molar-refractivity contribution in [3.63, 3.8) is 0 Å². The van der Waals surface area contributed by atoms with Crippen LogP contribution in [0.3, 0.4) is 0 Å². The van der Waals surface area contributed by atoms with Gasteiger partial charge in [0.05, 0.1) is 0 Å². The van der Waals surface area contributed by atoms with E-state index in [1.807, 2.05) is 0 Å². The molecule has 21 heavy (non-hydrogen) atoms. The van der Waals surface area contributed by atoms with Gasteiger partial charge in [0.1, 0.15) is 0 Å². The summed E-state index contributed by atoms with van der Waals surface area (Å²) in [5.74, 6) is 0.722. The highest BCUT2D eigenvalue weighted by atomic mass is 14.3. The van der Waals surface area contributed by atoms with Crippen LogP contribution in [0.4, 0.5) is 0 Å². The van der Waals surface area contributed by atoms with Crippen molar-refractivity contribution in [3.8, 4) is 11.1 Å². The Morgan fingerprint density at radius 1 is 0.905 bits per heavy atom. The van der Waals surface area contributed by atoms with Gasteiger partial charge >= 0.3 is 0 Å². The van der Waals surface area contributed by atoms with Crippen molar-refractivity contribution in [1.29, 1.82) is 0 Å². The van der Waals surface area contributed by atoms with Crippen molar-refractivity contribution in [2.75, 3.05) is 0 Å². The van der Waals surface area contributed by atoms with Crippen LogP contribution in [-0.2, 0) is 18.3 Å². The average Bonchev–Trinajstić information content (AvgIpc) is 2.73.